The predicted molar refractivity (Wildman–Crippen MR) is 67.7 cm³/mol. The van der Waals surface area contributed by atoms with E-state index in [4.69, 9.17) is 5.11 Å². The molecular weight excluding hydrogens is 284 g/mol. The number of carbonyl (C=O) groups excluding carboxylic acids is 1. The molecule has 2 N–H and O–H groups in total. The Morgan fingerprint density at radius 3 is 2.71 bits per heavy atom. The molecule has 0 atom stereocenters. The molecule has 0 bridgehead atoms. The first-order valence-corrected chi connectivity index (χ1v) is 5.86. The maximum atomic E-state index is 13.5. The first-order chi connectivity index (χ1) is 9.90. The zero-order valence-corrected chi connectivity index (χ0v) is 10.9. The van der Waals surface area contributed by atoms with Crippen LogP contribution in [0.5, 0.6) is 0 Å². The summed E-state index contributed by atoms with van der Waals surface area (Å²) in [5.74, 6) is -3.50. The van der Waals surface area contributed by atoms with Gasteiger partial charge in [-0.05, 0) is 6.07 Å². The Morgan fingerprint density at radius 1 is 1.38 bits per heavy atom. The minimum atomic E-state index is -1.32. The van der Waals surface area contributed by atoms with Gasteiger partial charge in [0, 0.05) is 25.2 Å². The average Bonchev–Trinajstić information content (AvgIpc) is 2.90. The molecule has 8 heteroatoms. The first kappa shape index (κ1) is 14.6. The number of carboxylic acids is 1. The van der Waals surface area contributed by atoms with Crippen molar-refractivity contribution in [3.63, 3.8) is 0 Å². The van der Waals surface area contributed by atoms with Crippen molar-refractivity contribution in [2.45, 2.75) is 6.54 Å². The molecule has 1 aromatic carbocycles. The van der Waals surface area contributed by atoms with E-state index in [1.54, 1.807) is 0 Å². The van der Waals surface area contributed by atoms with E-state index in [0.29, 0.717) is 6.07 Å². The number of aromatic carboxylic acids is 1. The number of rotatable bonds is 4. The highest BCUT2D eigenvalue weighted by Crippen LogP contribution is 2.14. The van der Waals surface area contributed by atoms with Crippen LogP contribution in [0, 0.1) is 11.6 Å². The van der Waals surface area contributed by atoms with Gasteiger partial charge in [-0.2, -0.15) is 0 Å². The summed E-state index contributed by atoms with van der Waals surface area (Å²) in [4.78, 5) is 30.1. The Hall–Kier alpha value is -2.77. The number of amides is 1. The number of carbonyl (C=O) groups is 2. The van der Waals surface area contributed by atoms with E-state index in [9.17, 15) is 18.4 Å². The molecule has 2 rings (SSSR count). The number of nitrogens with zero attached hydrogens (tertiary/aromatic N) is 2. The Labute approximate surface area is 118 Å². The van der Waals surface area contributed by atoms with Crippen LogP contribution in [0.15, 0.2) is 24.5 Å². The topological polar surface area (TPSA) is 86.3 Å². The van der Waals surface area contributed by atoms with Gasteiger partial charge in [0.05, 0.1) is 6.33 Å². The standard InChI is InChI=1S/C13H11F2N3O3/c1-18(5-7-2-3-8(14)4-9(7)15)12(19)10-11(13(20)21)17-6-16-10/h2-4,6H,5H2,1H3,(H,16,17)(H,20,21). The van der Waals surface area contributed by atoms with E-state index in [-0.39, 0.29) is 23.5 Å². The SMILES string of the molecule is CN(Cc1ccc(F)cc1F)C(=O)c1nc[nH]c1C(=O)O. The number of H-pyrrole nitrogens is 1. The molecule has 0 aliphatic rings. The van der Waals surface area contributed by atoms with Crippen LogP contribution in [0.1, 0.15) is 26.5 Å². The number of aromatic amines is 1. The molecule has 0 spiro atoms. The molecule has 1 heterocycles. The maximum Gasteiger partial charge on any atom is 0.354 e. The highest BCUT2D eigenvalue weighted by atomic mass is 19.1. The Balaban J connectivity index is 2.20. The summed E-state index contributed by atoms with van der Waals surface area (Å²) in [6.45, 7) is -0.142. The van der Waals surface area contributed by atoms with Gasteiger partial charge in [0.15, 0.2) is 11.4 Å². The molecule has 0 saturated carbocycles. The van der Waals surface area contributed by atoms with Crippen molar-refractivity contribution in [1.82, 2.24) is 14.9 Å². The minimum absolute atomic E-state index is 0.111. The number of imidazole rings is 1. The minimum Gasteiger partial charge on any atom is -0.477 e. The van der Waals surface area contributed by atoms with Gasteiger partial charge >= 0.3 is 5.97 Å². The first-order valence-electron chi connectivity index (χ1n) is 5.86. The third kappa shape index (κ3) is 3.04. The van der Waals surface area contributed by atoms with E-state index in [1.807, 2.05) is 0 Å². The van der Waals surface area contributed by atoms with Crippen molar-refractivity contribution in [3.05, 3.63) is 53.1 Å². The van der Waals surface area contributed by atoms with Crippen molar-refractivity contribution in [2.24, 2.45) is 0 Å². The maximum absolute atomic E-state index is 13.5. The second kappa shape index (κ2) is 5.70. The van der Waals surface area contributed by atoms with Crippen LogP contribution in [0.3, 0.4) is 0 Å². The van der Waals surface area contributed by atoms with E-state index in [1.165, 1.54) is 13.1 Å². The Kier molecular flexibility index (Phi) is 3.97. The largest absolute Gasteiger partial charge is 0.477 e. The summed E-state index contributed by atoms with van der Waals surface area (Å²) < 4.78 is 26.3. The number of nitrogens with one attached hydrogen (secondary N) is 1. The van der Waals surface area contributed by atoms with E-state index >= 15 is 0 Å². The lowest BCUT2D eigenvalue weighted by molar-refractivity contribution is 0.0673. The molecule has 0 unspecified atom stereocenters. The van der Waals surface area contributed by atoms with Crippen LogP contribution in [0.4, 0.5) is 8.78 Å². The Bertz CT molecular complexity index is 700. The predicted octanol–water partition coefficient (Wildman–Crippen LogP) is 1.66. The van der Waals surface area contributed by atoms with Gasteiger partial charge in [-0.15, -0.1) is 0 Å². The second-order valence-electron chi connectivity index (χ2n) is 4.33. The summed E-state index contributed by atoms with van der Waals surface area (Å²) in [7, 11) is 1.37. The number of halogens is 2. The molecule has 0 aliphatic heterocycles. The lowest BCUT2D eigenvalue weighted by Gasteiger charge is -2.16. The van der Waals surface area contributed by atoms with Crippen molar-refractivity contribution in [1.29, 1.82) is 0 Å². The van der Waals surface area contributed by atoms with Crippen LogP contribution in [0.25, 0.3) is 0 Å². The average molecular weight is 295 g/mol. The molecule has 0 radical (unpaired) electrons. The lowest BCUT2D eigenvalue weighted by Crippen LogP contribution is -2.28. The zero-order valence-electron chi connectivity index (χ0n) is 10.9. The van der Waals surface area contributed by atoms with E-state index < -0.39 is 23.5 Å². The van der Waals surface area contributed by atoms with E-state index in [2.05, 4.69) is 9.97 Å². The van der Waals surface area contributed by atoms with Crippen molar-refractivity contribution in [3.8, 4) is 0 Å². The van der Waals surface area contributed by atoms with Crippen LogP contribution >= 0.6 is 0 Å². The highest BCUT2D eigenvalue weighted by molar-refractivity contribution is 6.02. The molecule has 0 saturated heterocycles. The van der Waals surface area contributed by atoms with Crippen LogP contribution < -0.4 is 0 Å². The molecule has 0 aliphatic carbocycles. The van der Waals surface area contributed by atoms with Gasteiger partial charge in [0.2, 0.25) is 0 Å². The molecule has 110 valence electrons. The van der Waals surface area contributed by atoms with Gasteiger partial charge in [0.25, 0.3) is 5.91 Å². The smallest absolute Gasteiger partial charge is 0.354 e. The van der Waals surface area contributed by atoms with Crippen molar-refractivity contribution in [2.75, 3.05) is 7.05 Å². The summed E-state index contributed by atoms with van der Waals surface area (Å²) >= 11 is 0. The van der Waals surface area contributed by atoms with Gasteiger partial charge in [-0.25, -0.2) is 18.6 Å². The van der Waals surface area contributed by atoms with Gasteiger partial charge in [0.1, 0.15) is 11.6 Å². The van der Waals surface area contributed by atoms with Gasteiger partial charge < -0.3 is 15.0 Å². The normalized spacial score (nSPS) is 10.4. The summed E-state index contributed by atoms with van der Waals surface area (Å²) in [6, 6.07) is 3.01. The third-order valence-electron chi connectivity index (χ3n) is 2.83. The number of benzene rings is 1. The number of carboxylic acid groups (broad SMARTS) is 1. The second-order valence-corrected chi connectivity index (χ2v) is 4.33. The van der Waals surface area contributed by atoms with Crippen LogP contribution in [0.2, 0.25) is 0 Å². The van der Waals surface area contributed by atoms with Crippen LogP contribution in [-0.4, -0.2) is 38.9 Å². The number of hydrogen-bond acceptors (Lipinski definition) is 3. The highest BCUT2D eigenvalue weighted by Gasteiger charge is 2.23. The number of aromatic nitrogens is 2. The summed E-state index contributed by atoms with van der Waals surface area (Å²) in [5.41, 5.74) is -0.501. The zero-order chi connectivity index (χ0) is 15.6. The monoisotopic (exact) mass is 295 g/mol. The summed E-state index contributed by atoms with van der Waals surface area (Å²) in [6.07, 6.45) is 1.09. The van der Waals surface area contributed by atoms with Crippen LogP contribution in [-0.2, 0) is 6.54 Å². The molecular formula is C13H11F2N3O3. The fraction of sp³-hybridized carbons (Fsp3) is 0.154. The quantitative estimate of drug-likeness (QED) is 0.898. The molecule has 2 aromatic rings. The molecule has 21 heavy (non-hydrogen) atoms. The van der Waals surface area contributed by atoms with Gasteiger partial charge in [-0.3, -0.25) is 4.79 Å². The molecule has 1 amide bonds. The third-order valence-corrected chi connectivity index (χ3v) is 2.83. The van der Waals surface area contributed by atoms with Crippen molar-refractivity contribution >= 4 is 11.9 Å². The fourth-order valence-electron chi connectivity index (χ4n) is 1.78. The van der Waals surface area contributed by atoms with Crippen molar-refractivity contribution < 1.29 is 23.5 Å². The fourth-order valence-corrected chi connectivity index (χ4v) is 1.78. The summed E-state index contributed by atoms with van der Waals surface area (Å²) in [5, 5.41) is 8.91. The molecule has 6 nitrogen and oxygen atoms in total. The lowest BCUT2D eigenvalue weighted by atomic mass is 10.2. The Morgan fingerprint density at radius 2 is 2.10 bits per heavy atom. The van der Waals surface area contributed by atoms with Gasteiger partial charge in [-0.1, -0.05) is 6.07 Å². The van der Waals surface area contributed by atoms with E-state index in [0.717, 1.165) is 17.3 Å². The number of hydrogen-bond donors (Lipinski definition) is 2. The molecule has 0 fully saturated rings. The molecule has 1 aromatic heterocycles.